The van der Waals surface area contributed by atoms with E-state index in [1.54, 1.807) is 0 Å². The molecule has 0 N–H and O–H groups in total. The molecule has 2 nitrogen and oxygen atoms in total. The van der Waals surface area contributed by atoms with Gasteiger partial charge in [0.15, 0.2) is 0 Å². The average molecular weight is 392 g/mol. The minimum atomic E-state index is -0.288. The van der Waals surface area contributed by atoms with Crippen molar-refractivity contribution in [3.05, 3.63) is 28.2 Å². The summed E-state index contributed by atoms with van der Waals surface area (Å²) in [4.78, 5) is 4.55. The van der Waals surface area contributed by atoms with E-state index in [2.05, 4.69) is 31.7 Å². The normalized spacial score (nSPS) is 18.7. The Balaban J connectivity index is 2.13. The standard InChI is InChI=1S/C15H17BrClFN2S/c1-9(17)14-19-12-7-11(18)10(16)6-13(12)20(14)8-15(21-2)4-3-5-15/h6-7,9H,3-5,8H2,1-2H3. The van der Waals surface area contributed by atoms with Gasteiger partial charge in [0, 0.05) is 17.4 Å². The summed E-state index contributed by atoms with van der Waals surface area (Å²) in [7, 11) is 0. The Labute approximate surface area is 141 Å². The quantitative estimate of drug-likeness (QED) is 0.638. The van der Waals surface area contributed by atoms with E-state index >= 15 is 0 Å². The topological polar surface area (TPSA) is 17.8 Å². The van der Waals surface area contributed by atoms with E-state index < -0.39 is 0 Å². The predicted molar refractivity (Wildman–Crippen MR) is 91.8 cm³/mol. The summed E-state index contributed by atoms with van der Waals surface area (Å²) >= 11 is 11.5. The number of aromatic nitrogens is 2. The Kier molecular flexibility index (Phi) is 4.27. The summed E-state index contributed by atoms with van der Waals surface area (Å²) in [5.74, 6) is 0.536. The number of halogens is 3. The van der Waals surface area contributed by atoms with Crippen molar-refractivity contribution in [2.24, 2.45) is 0 Å². The smallest absolute Gasteiger partial charge is 0.139 e. The second-order valence-corrected chi connectivity index (χ2v) is 8.45. The molecule has 2 aromatic rings. The largest absolute Gasteiger partial charge is 0.325 e. The highest BCUT2D eigenvalue weighted by atomic mass is 79.9. The first-order valence-electron chi connectivity index (χ1n) is 7.00. The van der Waals surface area contributed by atoms with Gasteiger partial charge in [-0.05, 0) is 48.0 Å². The summed E-state index contributed by atoms with van der Waals surface area (Å²) in [6.07, 6.45) is 5.87. The van der Waals surface area contributed by atoms with Crippen molar-refractivity contribution in [2.75, 3.05) is 6.26 Å². The van der Waals surface area contributed by atoms with Crippen molar-refractivity contribution in [1.29, 1.82) is 0 Å². The molecule has 6 heteroatoms. The molecule has 1 aromatic carbocycles. The average Bonchev–Trinajstić information content (AvgIpc) is 2.73. The first kappa shape index (κ1) is 15.6. The van der Waals surface area contributed by atoms with Crippen molar-refractivity contribution >= 4 is 50.3 Å². The molecule has 0 amide bonds. The zero-order valence-corrected chi connectivity index (χ0v) is 15.2. The van der Waals surface area contributed by atoms with E-state index in [1.807, 2.05) is 24.8 Å². The highest BCUT2D eigenvalue weighted by Gasteiger charge is 2.37. The molecule has 0 spiro atoms. The van der Waals surface area contributed by atoms with Gasteiger partial charge in [-0.2, -0.15) is 11.8 Å². The van der Waals surface area contributed by atoms with Crippen LogP contribution in [0.15, 0.2) is 16.6 Å². The Bertz CT molecular complexity index is 676. The van der Waals surface area contributed by atoms with Crippen LogP contribution < -0.4 is 0 Å². The van der Waals surface area contributed by atoms with Gasteiger partial charge in [0.2, 0.25) is 0 Å². The van der Waals surface area contributed by atoms with Crippen LogP contribution in [0.25, 0.3) is 11.0 Å². The van der Waals surface area contributed by atoms with Crippen LogP contribution in [0.4, 0.5) is 4.39 Å². The van der Waals surface area contributed by atoms with Crippen LogP contribution in [-0.4, -0.2) is 20.6 Å². The maximum absolute atomic E-state index is 13.7. The van der Waals surface area contributed by atoms with Gasteiger partial charge >= 0.3 is 0 Å². The lowest BCUT2D eigenvalue weighted by atomic mass is 9.84. The van der Waals surface area contributed by atoms with Crippen molar-refractivity contribution in [3.8, 4) is 0 Å². The number of rotatable bonds is 4. The Morgan fingerprint density at radius 1 is 1.52 bits per heavy atom. The van der Waals surface area contributed by atoms with Gasteiger partial charge in [0.1, 0.15) is 11.6 Å². The molecule has 0 radical (unpaired) electrons. The number of hydrogen-bond acceptors (Lipinski definition) is 2. The van der Waals surface area contributed by atoms with Crippen LogP contribution >= 0.6 is 39.3 Å². The van der Waals surface area contributed by atoms with Gasteiger partial charge < -0.3 is 4.57 Å². The summed E-state index contributed by atoms with van der Waals surface area (Å²) in [5.41, 5.74) is 1.62. The monoisotopic (exact) mass is 390 g/mol. The molecule has 1 aromatic heterocycles. The second-order valence-electron chi connectivity index (χ2n) is 5.67. The third-order valence-corrected chi connectivity index (χ3v) is 6.53. The SMILES string of the molecule is CSC1(Cn2c(C(C)Cl)nc3cc(F)c(Br)cc32)CCC1. The van der Waals surface area contributed by atoms with Gasteiger partial charge in [0.25, 0.3) is 0 Å². The lowest BCUT2D eigenvalue weighted by Crippen LogP contribution is -2.38. The van der Waals surface area contributed by atoms with Crippen LogP contribution in [0.1, 0.15) is 37.4 Å². The minimum Gasteiger partial charge on any atom is -0.325 e. The molecule has 0 aliphatic heterocycles. The summed E-state index contributed by atoms with van der Waals surface area (Å²) in [5, 5.41) is -0.196. The molecule has 0 bridgehead atoms. The molecule has 1 aliphatic rings. The van der Waals surface area contributed by atoms with Crippen LogP contribution in [0, 0.1) is 5.82 Å². The van der Waals surface area contributed by atoms with Gasteiger partial charge in [-0.1, -0.05) is 6.42 Å². The van der Waals surface area contributed by atoms with E-state index in [4.69, 9.17) is 11.6 Å². The Hall–Kier alpha value is -0.260. The number of fused-ring (bicyclic) bond motifs is 1. The fourth-order valence-electron chi connectivity index (χ4n) is 2.89. The van der Waals surface area contributed by atoms with E-state index in [0.29, 0.717) is 9.99 Å². The van der Waals surface area contributed by atoms with E-state index in [0.717, 1.165) is 17.9 Å². The molecule has 1 saturated carbocycles. The Morgan fingerprint density at radius 2 is 2.24 bits per heavy atom. The lowest BCUT2D eigenvalue weighted by molar-refractivity contribution is 0.321. The van der Waals surface area contributed by atoms with E-state index in [1.165, 1.54) is 25.3 Å². The summed E-state index contributed by atoms with van der Waals surface area (Å²) < 4.78 is 16.7. The molecule has 1 heterocycles. The zero-order valence-electron chi connectivity index (χ0n) is 12.0. The molecule has 0 saturated heterocycles. The number of imidazole rings is 1. The van der Waals surface area contributed by atoms with Crippen molar-refractivity contribution in [3.63, 3.8) is 0 Å². The first-order valence-corrected chi connectivity index (χ1v) is 9.45. The molecule has 1 fully saturated rings. The number of thioether (sulfide) groups is 1. The molecule has 21 heavy (non-hydrogen) atoms. The van der Waals surface area contributed by atoms with E-state index in [9.17, 15) is 4.39 Å². The predicted octanol–water partition coefficient (Wildman–Crippen LogP) is 5.52. The molecule has 1 aliphatic carbocycles. The van der Waals surface area contributed by atoms with Gasteiger partial charge in [0.05, 0.1) is 20.9 Å². The number of alkyl halides is 1. The van der Waals surface area contributed by atoms with Crippen molar-refractivity contribution in [1.82, 2.24) is 9.55 Å². The Morgan fingerprint density at radius 3 is 2.76 bits per heavy atom. The van der Waals surface area contributed by atoms with Crippen molar-refractivity contribution < 1.29 is 4.39 Å². The van der Waals surface area contributed by atoms with E-state index in [-0.39, 0.29) is 15.9 Å². The maximum atomic E-state index is 13.7. The van der Waals surface area contributed by atoms with Gasteiger partial charge in [-0.3, -0.25) is 0 Å². The minimum absolute atomic E-state index is 0.196. The number of benzene rings is 1. The van der Waals surface area contributed by atoms with Crippen LogP contribution in [-0.2, 0) is 6.54 Å². The van der Waals surface area contributed by atoms with Crippen LogP contribution in [0.3, 0.4) is 0 Å². The van der Waals surface area contributed by atoms with Gasteiger partial charge in [-0.15, -0.1) is 11.6 Å². The first-order chi connectivity index (χ1) is 9.96. The van der Waals surface area contributed by atoms with Crippen LogP contribution in [0.5, 0.6) is 0 Å². The highest BCUT2D eigenvalue weighted by molar-refractivity contribution is 9.10. The fourth-order valence-corrected chi connectivity index (χ4v) is 4.35. The molecular formula is C15H17BrClFN2S. The number of nitrogens with zero attached hydrogens (tertiary/aromatic N) is 2. The molecule has 114 valence electrons. The van der Waals surface area contributed by atoms with Gasteiger partial charge in [-0.25, -0.2) is 9.37 Å². The zero-order chi connectivity index (χ0) is 15.2. The molecular weight excluding hydrogens is 375 g/mol. The highest BCUT2D eigenvalue weighted by Crippen LogP contribution is 2.45. The van der Waals surface area contributed by atoms with Crippen LogP contribution in [0.2, 0.25) is 0 Å². The molecule has 1 atom stereocenters. The third-order valence-electron chi connectivity index (χ3n) is 4.32. The second kappa shape index (κ2) is 5.74. The molecule has 3 rings (SSSR count). The molecule has 1 unspecified atom stereocenters. The lowest BCUT2D eigenvalue weighted by Gasteiger charge is -2.41. The fraction of sp³-hybridized carbons (Fsp3) is 0.533. The summed E-state index contributed by atoms with van der Waals surface area (Å²) in [6.45, 7) is 2.80. The summed E-state index contributed by atoms with van der Waals surface area (Å²) in [6, 6.07) is 3.29. The third kappa shape index (κ3) is 2.73. The maximum Gasteiger partial charge on any atom is 0.139 e. The van der Waals surface area contributed by atoms with Crippen molar-refractivity contribution in [2.45, 2.75) is 42.9 Å². The number of hydrogen-bond donors (Lipinski definition) is 0.